The average molecular weight is 681 g/mol. The van der Waals surface area contributed by atoms with Crippen molar-refractivity contribution in [3.05, 3.63) is 100 Å². The summed E-state index contributed by atoms with van der Waals surface area (Å²) >= 11 is 7.67. The minimum Gasteiger partial charge on any atom is -0.494 e. The second-order valence-electron chi connectivity index (χ2n) is 12.4. The molecule has 0 N–H and O–H groups in total. The lowest BCUT2D eigenvalue weighted by molar-refractivity contribution is -0.870. The summed E-state index contributed by atoms with van der Waals surface area (Å²) in [5.74, 6) is -1.56. The first kappa shape index (κ1) is 34.9. The number of aromatic nitrogens is 2. The SMILES string of the molecule is COc1cc(C(C)(C)c2cnc(SCc3c(F)cc(S(=O)(=O)CCCC[N+](C)(C)C)cc3Cl)n2-c2ccc(F)cc2)ccc1F. The molecule has 0 saturated carbocycles. The summed E-state index contributed by atoms with van der Waals surface area (Å²) in [6.07, 6.45) is 2.86. The summed E-state index contributed by atoms with van der Waals surface area (Å²) in [7, 11) is 3.79. The van der Waals surface area contributed by atoms with E-state index in [1.54, 1.807) is 30.5 Å². The summed E-state index contributed by atoms with van der Waals surface area (Å²) in [5, 5.41) is 0.481. The maximum Gasteiger partial charge on any atom is 0.178 e. The minimum absolute atomic E-state index is 0.00582. The van der Waals surface area contributed by atoms with E-state index in [4.69, 9.17) is 16.3 Å². The molecule has 0 saturated heterocycles. The second kappa shape index (κ2) is 13.8. The van der Waals surface area contributed by atoms with Crippen molar-refractivity contribution in [2.45, 2.75) is 47.9 Å². The number of thioether (sulfide) groups is 1. The number of sulfone groups is 1. The Morgan fingerprint density at radius 3 is 2.29 bits per heavy atom. The lowest BCUT2D eigenvalue weighted by atomic mass is 9.81. The van der Waals surface area contributed by atoms with Crippen molar-refractivity contribution < 1.29 is 30.8 Å². The number of methoxy groups -OCH3 is 1. The van der Waals surface area contributed by atoms with Gasteiger partial charge in [-0.05, 0) is 66.9 Å². The highest BCUT2D eigenvalue weighted by Gasteiger charge is 2.31. The van der Waals surface area contributed by atoms with Crippen LogP contribution in [0.25, 0.3) is 5.69 Å². The highest BCUT2D eigenvalue weighted by Crippen LogP contribution is 2.39. The third-order valence-corrected chi connectivity index (χ3v) is 10.7. The molecule has 1 aromatic heterocycles. The van der Waals surface area contributed by atoms with E-state index in [2.05, 4.69) is 4.98 Å². The zero-order chi connectivity index (χ0) is 33.2. The molecule has 0 aliphatic rings. The number of halogens is 4. The first-order valence-corrected chi connectivity index (χ1v) is 17.4. The van der Waals surface area contributed by atoms with Crippen LogP contribution in [-0.4, -0.2) is 63.0 Å². The predicted molar refractivity (Wildman–Crippen MR) is 174 cm³/mol. The van der Waals surface area contributed by atoms with E-state index in [9.17, 15) is 17.2 Å². The van der Waals surface area contributed by atoms with Crippen LogP contribution in [0.15, 0.2) is 70.8 Å². The molecule has 242 valence electrons. The number of ether oxygens (including phenoxy) is 1. The van der Waals surface area contributed by atoms with Gasteiger partial charge in [-0.15, -0.1) is 0 Å². The highest BCUT2D eigenvalue weighted by atomic mass is 35.5. The van der Waals surface area contributed by atoms with Gasteiger partial charge in [-0.3, -0.25) is 4.57 Å². The fourth-order valence-corrected chi connectivity index (χ4v) is 7.79. The summed E-state index contributed by atoms with van der Waals surface area (Å²) in [6.45, 7) is 4.72. The molecule has 0 atom stereocenters. The summed E-state index contributed by atoms with van der Waals surface area (Å²) < 4.78 is 77.1. The predicted octanol–water partition coefficient (Wildman–Crippen LogP) is 7.83. The van der Waals surface area contributed by atoms with Crippen LogP contribution >= 0.6 is 23.4 Å². The number of unbranched alkanes of at least 4 members (excludes halogenated alkanes) is 1. The molecule has 4 rings (SSSR count). The van der Waals surface area contributed by atoms with Gasteiger partial charge in [-0.2, -0.15) is 0 Å². The molecule has 1 heterocycles. The van der Waals surface area contributed by atoms with Crippen LogP contribution in [0.1, 0.15) is 43.5 Å². The van der Waals surface area contributed by atoms with Crippen LogP contribution in [0.3, 0.4) is 0 Å². The third-order valence-electron chi connectivity index (χ3n) is 7.64. The van der Waals surface area contributed by atoms with Crippen LogP contribution in [0.4, 0.5) is 13.2 Å². The Kier molecular flexibility index (Phi) is 10.7. The molecular formula is C33H38ClF3N3O3S2+. The Balaban J connectivity index is 1.64. The Bertz CT molecular complexity index is 1750. The lowest BCUT2D eigenvalue weighted by Gasteiger charge is -2.28. The van der Waals surface area contributed by atoms with Gasteiger partial charge in [0, 0.05) is 27.4 Å². The fourth-order valence-electron chi connectivity index (χ4n) is 4.94. The lowest BCUT2D eigenvalue weighted by Crippen LogP contribution is -2.35. The van der Waals surface area contributed by atoms with Crippen molar-refractivity contribution in [3.8, 4) is 11.4 Å². The third kappa shape index (κ3) is 8.24. The number of rotatable bonds is 13. The van der Waals surface area contributed by atoms with E-state index in [1.165, 1.54) is 43.1 Å². The number of nitrogens with zero attached hydrogens (tertiary/aromatic N) is 3. The van der Waals surface area contributed by atoms with Gasteiger partial charge in [0.25, 0.3) is 0 Å². The molecule has 0 fully saturated rings. The molecule has 3 aromatic carbocycles. The Morgan fingerprint density at radius 2 is 1.67 bits per heavy atom. The molecule has 4 aromatic rings. The maximum atomic E-state index is 15.4. The van der Waals surface area contributed by atoms with E-state index >= 15 is 4.39 Å². The average Bonchev–Trinajstić information content (AvgIpc) is 3.39. The van der Waals surface area contributed by atoms with E-state index in [0.29, 0.717) is 23.0 Å². The molecule has 0 amide bonds. The van der Waals surface area contributed by atoms with E-state index in [0.717, 1.165) is 29.1 Å². The van der Waals surface area contributed by atoms with Gasteiger partial charge in [-0.1, -0.05) is 43.3 Å². The van der Waals surface area contributed by atoms with Crippen molar-refractivity contribution in [2.24, 2.45) is 0 Å². The highest BCUT2D eigenvalue weighted by molar-refractivity contribution is 7.98. The molecule has 0 radical (unpaired) electrons. The number of imidazole rings is 1. The normalized spacial score (nSPS) is 12.5. The zero-order valence-electron chi connectivity index (χ0n) is 26.2. The van der Waals surface area contributed by atoms with Crippen LogP contribution < -0.4 is 4.74 Å². The number of benzene rings is 3. The fraction of sp³-hybridized carbons (Fsp3) is 0.364. The van der Waals surface area contributed by atoms with Crippen molar-refractivity contribution in [1.29, 1.82) is 0 Å². The Labute approximate surface area is 272 Å². The Morgan fingerprint density at radius 1 is 0.978 bits per heavy atom. The van der Waals surface area contributed by atoms with Crippen molar-refractivity contribution in [3.63, 3.8) is 0 Å². The molecule has 0 aliphatic carbocycles. The molecule has 45 heavy (non-hydrogen) atoms. The van der Waals surface area contributed by atoms with E-state index in [-0.39, 0.29) is 32.7 Å². The van der Waals surface area contributed by atoms with Crippen molar-refractivity contribution >= 4 is 33.2 Å². The number of quaternary nitrogens is 1. The van der Waals surface area contributed by atoms with Gasteiger partial charge >= 0.3 is 0 Å². The minimum atomic E-state index is -3.72. The van der Waals surface area contributed by atoms with Crippen LogP contribution in [0.5, 0.6) is 5.75 Å². The van der Waals surface area contributed by atoms with Gasteiger partial charge in [0.05, 0.1) is 57.3 Å². The number of hydrogen-bond donors (Lipinski definition) is 0. The topological polar surface area (TPSA) is 61.2 Å². The van der Waals surface area contributed by atoms with E-state index in [1.807, 2.05) is 39.6 Å². The second-order valence-corrected chi connectivity index (χ2v) is 15.9. The van der Waals surface area contributed by atoms with Gasteiger partial charge in [0.15, 0.2) is 26.6 Å². The molecule has 12 heteroatoms. The number of hydrogen-bond acceptors (Lipinski definition) is 5. The largest absolute Gasteiger partial charge is 0.494 e. The zero-order valence-corrected chi connectivity index (χ0v) is 28.6. The van der Waals surface area contributed by atoms with Crippen LogP contribution in [0, 0.1) is 17.5 Å². The van der Waals surface area contributed by atoms with Crippen LogP contribution in [0.2, 0.25) is 5.02 Å². The molecule has 0 aliphatic heterocycles. The van der Waals surface area contributed by atoms with E-state index < -0.39 is 32.7 Å². The molecule has 6 nitrogen and oxygen atoms in total. The smallest absolute Gasteiger partial charge is 0.178 e. The summed E-state index contributed by atoms with van der Waals surface area (Å²) in [6, 6.07) is 12.8. The molecular weight excluding hydrogens is 643 g/mol. The first-order valence-electron chi connectivity index (χ1n) is 14.4. The van der Waals surface area contributed by atoms with Crippen molar-refractivity contribution in [1.82, 2.24) is 9.55 Å². The standard InChI is InChI=1S/C33H38ClF3N3O3S2/c1-33(2,22-9-14-28(36)30(17-22)43-6)31-20-38-32(39(31)24-12-10-23(35)11-13-24)44-21-26-27(34)18-25(19-29(26)37)45(41,42)16-8-7-15-40(3,4)5/h9-14,17-20H,7-8,15-16,21H2,1-6H3/q+1. The first-order chi connectivity index (χ1) is 21.0. The Hall–Kier alpha value is -2.99. The monoisotopic (exact) mass is 680 g/mol. The van der Waals surface area contributed by atoms with Gasteiger partial charge in [-0.25, -0.2) is 26.6 Å². The van der Waals surface area contributed by atoms with Gasteiger partial charge in [0.1, 0.15) is 11.6 Å². The van der Waals surface area contributed by atoms with Gasteiger partial charge in [0.2, 0.25) is 0 Å². The maximum absolute atomic E-state index is 15.4. The van der Waals surface area contributed by atoms with Gasteiger partial charge < -0.3 is 9.22 Å². The molecule has 0 bridgehead atoms. The van der Waals surface area contributed by atoms with Crippen molar-refractivity contribution in [2.75, 3.05) is 40.6 Å². The summed E-state index contributed by atoms with van der Waals surface area (Å²) in [4.78, 5) is 4.48. The van der Waals surface area contributed by atoms with Crippen LogP contribution in [-0.2, 0) is 21.0 Å². The quantitative estimate of drug-likeness (QED) is 0.0819. The summed E-state index contributed by atoms with van der Waals surface area (Å²) in [5.41, 5.74) is 1.51. The molecule has 0 spiro atoms. The molecule has 0 unspecified atom stereocenters.